The van der Waals surface area contributed by atoms with Crippen molar-refractivity contribution in [2.45, 2.75) is 71.4 Å². The molecule has 0 saturated carbocycles. The van der Waals surface area contributed by atoms with Crippen LogP contribution in [0.1, 0.15) is 76.0 Å². The van der Waals surface area contributed by atoms with Crippen LogP contribution < -0.4 is 4.74 Å². The lowest BCUT2D eigenvalue weighted by Crippen LogP contribution is -2.38. The van der Waals surface area contributed by atoms with E-state index in [2.05, 4.69) is 25.8 Å². The summed E-state index contributed by atoms with van der Waals surface area (Å²) >= 11 is 0. The van der Waals surface area contributed by atoms with Crippen LogP contribution in [0.3, 0.4) is 0 Å². The molecule has 26 heavy (non-hydrogen) atoms. The molecule has 0 radical (unpaired) electrons. The predicted octanol–water partition coefficient (Wildman–Crippen LogP) is 4.39. The summed E-state index contributed by atoms with van der Waals surface area (Å²) in [6.07, 6.45) is 4.65. The number of Topliss-reactive ketones (excluding diaryl/α,β-unsaturated/α-hetero) is 1. The summed E-state index contributed by atoms with van der Waals surface area (Å²) in [6.45, 7) is 14.2. The van der Waals surface area contributed by atoms with Crippen LogP contribution >= 0.6 is 0 Å². The Labute approximate surface area is 155 Å². The number of phenolic OH excluding ortho intramolecular Hbond substituents is 1. The van der Waals surface area contributed by atoms with E-state index >= 15 is 0 Å². The predicted molar refractivity (Wildman–Crippen MR) is 101 cm³/mol. The van der Waals surface area contributed by atoms with Crippen molar-refractivity contribution in [3.63, 3.8) is 0 Å². The first-order valence-electron chi connectivity index (χ1n) is 9.02. The summed E-state index contributed by atoms with van der Waals surface area (Å²) in [7, 11) is 0. The zero-order valence-corrected chi connectivity index (χ0v) is 16.6. The van der Waals surface area contributed by atoms with E-state index in [0.29, 0.717) is 11.3 Å². The molecule has 1 N–H and O–H groups in total. The number of imidazole rings is 1. The Morgan fingerprint density at radius 3 is 2.23 bits per heavy atom. The van der Waals surface area contributed by atoms with Crippen molar-refractivity contribution in [1.29, 1.82) is 0 Å². The van der Waals surface area contributed by atoms with Crippen LogP contribution in [0.25, 0.3) is 0 Å². The maximum atomic E-state index is 13.4. The first-order valence-corrected chi connectivity index (χ1v) is 9.02. The van der Waals surface area contributed by atoms with Gasteiger partial charge in [-0.3, -0.25) is 4.79 Å². The van der Waals surface area contributed by atoms with Gasteiger partial charge in [-0.05, 0) is 23.8 Å². The van der Waals surface area contributed by atoms with Gasteiger partial charge in [0.05, 0.1) is 6.33 Å². The molecule has 0 fully saturated rings. The number of aromatic nitrogens is 2. The van der Waals surface area contributed by atoms with Gasteiger partial charge in [0.1, 0.15) is 29.2 Å². The number of hydrogen-bond acceptors (Lipinski definition) is 4. The minimum Gasteiger partial charge on any atom is -0.507 e. The summed E-state index contributed by atoms with van der Waals surface area (Å²) in [6, 6.07) is 1.45. The van der Waals surface area contributed by atoms with Gasteiger partial charge in [0.2, 0.25) is 0 Å². The molecule has 0 unspecified atom stereocenters. The summed E-state index contributed by atoms with van der Waals surface area (Å²) in [5.41, 5.74) is 1.47. The molecule has 0 saturated heterocycles. The highest BCUT2D eigenvalue weighted by Gasteiger charge is 2.42. The van der Waals surface area contributed by atoms with E-state index in [4.69, 9.17) is 4.74 Å². The average Bonchev–Trinajstić information content (AvgIpc) is 2.98. The first kappa shape index (κ1) is 18.5. The second kappa shape index (κ2) is 5.86. The van der Waals surface area contributed by atoms with Gasteiger partial charge in [-0.15, -0.1) is 0 Å². The number of hydrogen-bond donors (Lipinski definition) is 1. The average molecular weight is 356 g/mol. The van der Waals surface area contributed by atoms with Crippen LogP contribution in [0.5, 0.6) is 11.5 Å². The number of benzene rings is 1. The third-order valence-corrected chi connectivity index (χ3v) is 4.98. The van der Waals surface area contributed by atoms with Crippen LogP contribution in [-0.4, -0.2) is 26.5 Å². The number of carbonyl (C=O) groups is 1. The van der Waals surface area contributed by atoms with E-state index in [1.807, 2.05) is 33.8 Å². The van der Waals surface area contributed by atoms with Crippen LogP contribution in [0.15, 0.2) is 24.8 Å². The summed E-state index contributed by atoms with van der Waals surface area (Å²) < 4.78 is 7.96. The fourth-order valence-corrected chi connectivity index (χ4v) is 3.56. The highest BCUT2D eigenvalue weighted by atomic mass is 16.5. The second-order valence-electron chi connectivity index (χ2n) is 9.17. The highest BCUT2D eigenvalue weighted by molar-refractivity contribution is 6.06. The van der Waals surface area contributed by atoms with Crippen LogP contribution in [0, 0.1) is 0 Å². The fourth-order valence-electron chi connectivity index (χ4n) is 3.56. The van der Waals surface area contributed by atoms with Crippen LogP contribution in [0.4, 0.5) is 0 Å². The Hall–Kier alpha value is -2.30. The Morgan fingerprint density at radius 2 is 1.73 bits per heavy atom. The number of carbonyl (C=O) groups excluding carboxylic acids is 1. The maximum absolute atomic E-state index is 13.4. The molecule has 140 valence electrons. The molecule has 0 amide bonds. The largest absolute Gasteiger partial charge is 0.507 e. The normalized spacial score (nSPS) is 20.7. The highest BCUT2D eigenvalue weighted by Crippen LogP contribution is 2.48. The molecule has 5 heteroatoms. The van der Waals surface area contributed by atoms with Crippen molar-refractivity contribution in [2.24, 2.45) is 0 Å². The molecule has 1 aliphatic heterocycles. The quantitative estimate of drug-likeness (QED) is 0.823. The molecule has 5 nitrogen and oxygen atoms in total. The molecule has 1 aromatic heterocycles. The molecule has 0 aliphatic carbocycles. The van der Waals surface area contributed by atoms with E-state index < -0.39 is 6.04 Å². The minimum absolute atomic E-state index is 0.0301. The van der Waals surface area contributed by atoms with Crippen molar-refractivity contribution < 1.29 is 14.6 Å². The number of aromatic hydroxyl groups is 1. The second-order valence-corrected chi connectivity index (χ2v) is 9.17. The molecule has 0 bridgehead atoms. The monoisotopic (exact) mass is 356 g/mol. The maximum Gasteiger partial charge on any atom is 0.196 e. The van der Waals surface area contributed by atoms with Gasteiger partial charge >= 0.3 is 0 Å². The van der Waals surface area contributed by atoms with Crippen LogP contribution in [0.2, 0.25) is 0 Å². The lowest BCUT2D eigenvalue weighted by molar-refractivity contribution is 0.0706. The minimum atomic E-state index is -0.543. The number of rotatable bonds is 1. The first-order chi connectivity index (χ1) is 11.9. The molecule has 2 aromatic rings. The Kier molecular flexibility index (Phi) is 4.17. The van der Waals surface area contributed by atoms with E-state index in [1.54, 1.807) is 23.3 Å². The number of ether oxygens (including phenoxy) is 1. The number of ketones is 1. The van der Waals surface area contributed by atoms with E-state index in [-0.39, 0.29) is 28.5 Å². The number of fused-ring (bicyclic) bond motifs is 1. The Balaban J connectivity index is 2.30. The molecule has 1 aliphatic rings. The van der Waals surface area contributed by atoms with Gasteiger partial charge in [0.25, 0.3) is 0 Å². The van der Waals surface area contributed by atoms with Crippen molar-refractivity contribution >= 4 is 5.78 Å². The molecular formula is C21H28N2O3. The third-order valence-electron chi connectivity index (χ3n) is 4.98. The standard InChI is InChI=1S/C21H28N2O3/c1-12-16(23-9-8-22-11-23)18(25)15-17(24)13(20(2,3)4)10-14(19(15)26-12)21(5,6)7/h8-12,16,24H,1-7H3/t12-,16-/m0/s1. The van der Waals surface area contributed by atoms with Gasteiger partial charge in [0.15, 0.2) is 5.78 Å². The lowest BCUT2D eigenvalue weighted by Gasteiger charge is -2.37. The van der Waals surface area contributed by atoms with Gasteiger partial charge in [-0.25, -0.2) is 4.98 Å². The number of phenols is 1. The summed E-state index contributed by atoms with van der Waals surface area (Å²) in [5, 5.41) is 11.0. The van der Waals surface area contributed by atoms with E-state index in [9.17, 15) is 9.90 Å². The molecule has 3 rings (SSSR count). The van der Waals surface area contributed by atoms with Crippen molar-refractivity contribution in [2.75, 3.05) is 0 Å². The van der Waals surface area contributed by atoms with E-state index in [0.717, 1.165) is 11.1 Å². The van der Waals surface area contributed by atoms with Gasteiger partial charge in [0, 0.05) is 23.5 Å². The zero-order chi connectivity index (χ0) is 19.4. The fraction of sp³-hybridized carbons (Fsp3) is 0.524. The lowest BCUT2D eigenvalue weighted by atomic mass is 9.76. The van der Waals surface area contributed by atoms with E-state index in [1.165, 1.54) is 0 Å². The van der Waals surface area contributed by atoms with Crippen molar-refractivity contribution in [3.8, 4) is 11.5 Å². The SMILES string of the molecule is C[C@@H]1Oc2c(C(C)(C)C)cc(C(C)(C)C)c(O)c2C(=O)[C@H]1n1ccnc1. The molecular weight excluding hydrogens is 328 g/mol. The number of nitrogens with zero attached hydrogens (tertiary/aromatic N) is 2. The molecule has 1 aromatic carbocycles. The Morgan fingerprint density at radius 1 is 1.12 bits per heavy atom. The topological polar surface area (TPSA) is 64.3 Å². The smallest absolute Gasteiger partial charge is 0.196 e. The Bertz CT molecular complexity index is 840. The molecule has 2 heterocycles. The summed E-state index contributed by atoms with van der Waals surface area (Å²) in [4.78, 5) is 17.5. The summed E-state index contributed by atoms with van der Waals surface area (Å²) in [5.74, 6) is 0.408. The van der Waals surface area contributed by atoms with Crippen molar-refractivity contribution in [1.82, 2.24) is 9.55 Å². The van der Waals surface area contributed by atoms with Gasteiger partial charge in [-0.1, -0.05) is 41.5 Å². The molecule has 2 atom stereocenters. The van der Waals surface area contributed by atoms with Gasteiger partial charge in [-0.2, -0.15) is 0 Å². The van der Waals surface area contributed by atoms with Crippen molar-refractivity contribution in [3.05, 3.63) is 41.5 Å². The van der Waals surface area contributed by atoms with Gasteiger partial charge < -0.3 is 14.4 Å². The van der Waals surface area contributed by atoms with Crippen LogP contribution in [-0.2, 0) is 10.8 Å². The zero-order valence-electron chi connectivity index (χ0n) is 16.6. The third kappa shape index (κ3) is 2.89. The molecule has 0 spiro atoms.